The van der Waals surface area contributed by atoms with Gasteiger partial charge >= 0.3 is 0 Å². The molecule has 4 aliphatic carbocycles. The zero-order chi connectivity index (χ0) is 14.7. The maximum absolute atomic E-state index is 2.67. The van der Waals surface area contributed by atoms with Crippen molar-refractivity contribution in [3.05, 3.63) is 12.2 Å². The lowest BCUT2D eigenvalue weighted by Gasteiger charge is -2.59. The van der Waals surface area contributed by atoms with Crippen LogP contribution in [-0.2, 0) is 0 Å². The van der Waals surface area contributed by atoms with Crippen LogP contribution in [0.5, 0.6) is 0 Å². The van der Waals surface area contributed by atoms with Gasteiger partial charge in [0, 0.05) is 0 Å². The zero-order valence-electron chi connectivity index (χ0n) is 14.4. The molecule has 0 saturated heterocycles. The van der Waals surface area contributed by atoms with E-state index >= 15 is 0 Å². The summed E-state index contributed by atoms with van der Waals surface area (Å²) in [5.74, 6) is 5.09. The zero-order valence-corrected chi connectivity index (χ0v) is 14.4. The highest BCUT2D eigenvalue weighted by Crippen LogP contribution is 2.67. The van der Waals surface area contributed by atoms with Crippen LogP contribution in [0.2, 0.25) is 0 Å². The third-order valence-corrected chi connectivity index (χ3v) is 8.85. The molecule has 0 aromatic heterocycles. The molecule has 0 unspecified atom stereocenters. The van der Waals surface area contributed by atoms with E-state index in [9.17, 15) is 0 Å². The molecular formula is C21H34. The molecule has 0 bridgehead atoms. The Balaban J connectivity index is 1.64. The summed E-state index contributed by atoms with van der Waals surface area (Å²) < 4.78 is 0. The van der Waals surface area contributed by atoms with E-state index in [1.54, 1.807) is 6.42 Å². The van der Waals surface area contributed by atoms with E-state index < -0.39 is 0 Å². The van der Waals surface area contributed by atoms with Gasteiger partial charge in [0.1, 0.15) is 0 Å². The second-order valence-electron chi connectivity index (χ2n) is 9.26. The van der Waals surface area contributed by atoms with Gasteiger partial charge < -0.3 is 0 Å². The first kappa shape index (κ1) is 14.3. The van der Waals surface area contributed by atoms with Crippen molar-refractivity contribution >= 4 is 0 Å². The van der Waals surface area contributed by atoms with Crippen molar-refractivity contribution in [1.82, 2.24) is 0 Å². The van der Waals surface area contributed by atoms with Gasteiger partial charge in [0.15, 0.2) is 0 Å². The first-order valence-electron chi connectivity index (χ1n) is 9.76. The maximum Gasteiger partial charge on any atom is -0.0177 e. The summed E-state index contributed by atoms with van der Waals surface area (Å²) in [6.07, 6.45) is 18.5. The Morgan fingerprint density at radius 2 is 1.71 bits per heavy atom. The van der Waals surface area contributed by atoms with Crippen LogP contribution in [0.1, 0.15) is 78.6 Å². The molecule has 3 saturated carbocycles. The summed E-state index contributed by atoms with van der Waals surface area (Å²) in [5.41, 5.74) is 1.34. The summed E-state index contributed by atoms with van der Waals surface area (Å²) in [4.78, 5) is 0. The lowest BCUT2D eigenvalue weighted by atomic mass is 9.45. The Kier molecular flexibility index (Phi) is 3.32. The molecule has 0 aromatic carbocycles. The molecule has 4 aliphatic rings. The van der Waals surface area contributed by atoms with Gasteiger partial charge in [0.2, 0.25) is 0 Å². The van der Waals surface area contributed by atoms with Crippen molar-refractivity contribution in [1.29, 1.82) is 0 Å². The minimum atomic E-state index is 0.642. The Morgan fingerprint density at radius 3 is 2.52 bits per heavy atom. The van der Waals surface area contributed by atoms with E-state index in [0.717, 1.165) is 29.6 Å². The Labute approximate surface area is 131 Å². The number of hydrogen-bond donors (Lipinski definition) is 0. The van der Waals surface area contributed by atoms with Gasteiger partial charge in [-0.25, -0.2) is 0 Å². The van der Waals surface area contributed by atoms with Gasteiger partial charge in [-0.2, -0.15) is 0 Å². The fraction of sp³-hybridized carbons (Fsp3) is 0.905. The molecule has 0 aromatic rings. The number of fused-ring (bicyclic) bond motifs is 5. The first-order chi connectivity index (χ1) is 10.1. The highest BCUT2D eigenvalue weighted by atomic mass is 14.6. The molecule has 0 radical (unpaired) electrons. The molecule has 0 N–H and O–H groups in total. The van der Waals surface area contributed by atoms with Crippen LogP contribution in [0.15, 0.2) is 12.2 Å². The lowest BCUT2D eigenvalue weighted by molar-refractivity contribution is -0.0908. The Bertz CT molecular complexity index is 435. The van der Waals surface area contributed by atoms with Crippen LogP contribution in [0, 0.1) is 40.4 Å². The molecule has 0 amide bonds. The third-order valence-electron chi connectivity index (χ3n) is 8.85. The SMILES string of the molecule is CC[C@H]1CC[C@H]2[C@@H]3CC[C@H]4C=CCC[C@]4(C)[C@H]3CC[C@]12C. The van der Waals surface area contributed by atoms with E-state index in [1.807, 2.05) is 0 Å². The molecule has 7 atom stereocenters. The molecule has 0 nitrogen and oxygen atoms in total. The Hall–Kier alpha value is -0.260. The van der Waals surface area contributed by atoms with E-state index in [1.165, 1.54) is 51.4 Å². The number of rotatable bonds is 1. The average Bonchev–Trinajstić information content (AvgIpc) is 2.83. The summed E-state index contributed by atoms with van der Waals surface area (Å²) in [6.45, 7) is 7.77. The van der Waals surface area contributed by atoms with Crippen molar-refractivity contribution in [3.8, 4) is 0 Å². The topological polar surface area (TPSA) is 0 Å². The van der Waals surface area contributed by atoms with Gasteiger partial charge in [-0.15, -0.1) is 0 Å². The largest absolute Gasteiger partial charge is 0.0882 e. The first-order valence-corrected chi connectivity index (χ1v) is 9.76. The van der Waals surface area contributed by atoms with E-state index in [4.69, 9.17) is 0 Å². The molecule has 0 spiro atoms. The molecule has 0 heterocycles. The van der Waals surface area contributed by atoms with Gasteiger partial charge in [0.05, 0.1) is 0 Å². The second-order valence-corrected chi connectivity index (χ2v) is 9.26. The lowest BCUT2D eigenvalue weighted by Crippen LogP contribution is -2.52. The summed E-state index contributed by atoms with van der Waals surface area (Å²) in [6, 6.07) is 0. The Morgan fingerprint density at radius 1 is 0.905 bits per heavy atom. The minimum Gasteiger partial charge on any atom is -0.0882 e. The average molecular weight is 287 g/mol. The summed E-state index contributed by atoms with van der Waals surface area (Å²) >= 11 is 0. The highest BCUT2D eigenvalue weighted by Gasteiger charge is 2.58. The van der Waals surface area contributed by atoms with Crippen molar-refractivity contribution in [3.63, 3.8) is 0 Å². The smallest absolute Gasteiger partial charge is 0.0177 e. The van der Waals surface area contributed by atoms with E-state index in [-0.39, 0.29) is 0 Å². The predicted molar refractivity (Wildman–Crippen MR) is 90.0 cm³/mol. The number of allylic oxidation sites excluding steroid dienone is 2. The highest BCUT2D eigenvalue weighted by molar-refractivity contribution is 5.13. The monoisotopic (exact) mass is 286 g/mol. The molecule has 118 valence electrons. The van der Waals surface area contributed by atoms with Crippen molar-refractivity contribution in [2.24, 2.45) is 40.4 Å². The van der Waals surface area contributed by atoms with Gasteiger partial charge in [0.25, 0.3) is 0 Å². The third kappa shape index (κ3) is 1.86. The van der Waals surface area contributed by atoms with Crippen LogP contribution in [0.25, 0.3) is 0 Å². The predicted octanol–water partition coefficient (Wildman–Crippen LogP) is 6.22. The number of hydrogen-bond acceptors (Lipinski definition) is 0. The molecule has 0 aliphatic heterocycles. The van der Waals surface area contributed by atoms with E-state index in [0.29, 0.717) is 10.8 Å². The van der Waals surface area contributed by atoms with Crippen molar-refractivity contribution < 1.29 is 0 Å². The minimum absolute atomic E-state index is 0.642. The van der Waals surface area contributed by atoms with Crippen LogP contribution in [0.3, 0.4) is 0 Å². The molecular weight excluding hydrogens is 252 g/mol. The quantitative estimate of drug-likeness (QED) is 0.502. The van der Waals surface area contributed by atoms with Gasteiger partial charge in [-0.3, -0.25) is 0 Å². The van der Waals surface area contributed by atoms with Crippen LogP contribution < -0.4 is 0 Å². The van der Waals surface area contributed by atoms with Crippen LogP contribution in [0.4, 0.5) is 0 Å². The fourth-order valence-corrected chi connectivity index (χ4v) is 7.61. The second kappa shape index (κ2) is 4.87. The van der Waals surface area contributed by atoms with Gasteiger partial charge in [-0.05, 0) is 91.8 Å². The summed E-state index contributed by atoms with van der Waals surface area (Å²) in [7, 11) is 0. The van der Waals surface area contributed by atoms with Crippen LogP contribution in [-0.4, -0.2) is 0 Å². The van der Waals surface area contributed by atoms with Gasteiger partial charge in [-0.1, -0.05) is 39.3 Å². The fourth-order valence-electron chi connectivity index (χ4n) is 7.61. The molecule has 4 rings (SSSR count). The molecule has 0 heteroatoms. The maximum atomic E-state index is 2.67. The van der Waals surface area contributed by atoms with E-state index in [2.05, 4.69) is 32.9 Å². The summed E-state index contributed by atoms with van der Waals surface area (Å²) in [5, 5.41) is 0. The van der Waals surface area contributed by atoms with Crippen LogP contribution >= 0.6 is 0 Å². The van der Waals surface area contributed by atoms with Crippen molar-refractivity contribution in [2.75, 3.05) is 0 Å². The normalized spacial score (nSPS) is 55.7. The molecule has 21 heavy (non-hydrogen) atoms. The molecule has 3 fully saturated rings. The standard InChI is InChI=1S/C21H34/c1-4-15-9-11-18-17-10-8-16-7-5-6-13-20(16,2)19(17)12-14-21(15,18)3/h5,7,15-19H,4,6,8-14H2,1-3H3/t15-,16+,17-,18-,19-,20-,21+/m0/s1. The van der Waals surface area contributed by atoms with Crippen molar-refractivity contribution in [2.45, 2.75) is 78.6 Å².